The summed E-state index contributed by atoms with van der Waals surface area (Å²) in [5, 5.41) is 2.96. The summed E-state index contributed by atoms with van der Waals surface area (Å²) in [6.45, 7) is 4.99. The molecule has 1 amide bonds. The van der Waals surface area contributed by atoms with E-state index >= 15 is 0 Å². The van der Waals surface area contributed by atoms with E-state index in [-0.39, 0.29) is 22.9 Å². The van der Waals surface area contributed by atoms with Crippen LogP contribution in [0.2, 0.25) is 0 Å². The number of carbonyl (C=O) groups is 1. The van der Waals surface area contributed by atoms with Crippen LogP contribution in [0.5, 0.6) is 11.5 Å². The molecule has 3 aliphatic rings. The lowest BCUT2D eigenvalue weighted by molar-refractivity contribution is -0.121. The third-order valence-corrected chi connectivity index (χ3v) is 8.86. The third-order valence-electron chi connectivity index (χ3n) is 6.95. The highest BCUT2D eigenvalue weighted by atomic mass is 32.2. The van der Waals surface area contributed by atoms with E-state index in [0.29, 0.717) is 32.0 Å². The van der Waals surface area contributed by atoms with Crippen LogP contribution in [0.4, 0.5) is 5.69 Å². The minimum Gasteiger partial charge on any atom is -0.486 e. The van der Waals surface area contributed by atoms with Crippen molar-refractivity contribution < 1.29 is 22.7 Å². The van der Waals surface area contributed by atoms with Gasteiger partial charge in [-0.2, -0.15) is 4.31 Å². The molecule has 0 aromatic heterocycles. The maximum atomic E-state index is 13.1. The number of carbonyl (C=O) groups excluding carboxylic acids is 1. The minimum atomic E-state index is -3.46. The van der Waals surface area contributed by atoms with E-state index in [1.165, 1.54) is 4.31 Å². The monoisotopic (exact) mass is 485 g/mol. The number of sulfonamides is 1. The first-order valence-electron chi connectivity index (χ1n) is 12.0. The summed E-state index contributed by atoms with van der Waals surface area (Å²) < 4.78 is 38.4. The number of anilines is 1. The van der Waals surface area contributed by atoms with Crippen molar-refractivity contribution >= 4 is 21.6 Å². The molecule has 8 nitrogen and oxygen atoms in total. The van der Waals surface area contributed by atoms with Crippen LogP contribution in [-0.2, 0) is 14.8 Å². The summed E-state index contributed by atoms with van der Waals surface area (Å²) in [6, 6.07) is 12.3. The van der Waals surface area contributed by atoms with Crippen LogP contribution in [0.1, 0.15) is 44.2 Å². The van der Waals surface area contributed by atoms with E-state index < -0.39 is 10.0 Å². The predicted molar refractivity (Wildman–Crippen MR) is 129 cm³/mol. The highest BCUT2D eigenvalue weighted by Gasteiger charge is 2.34. The van der Waals surface area contributed by atoms with Crippen molar-refractivity contribution in [3.8, 4) is 11.5 Å². The van der Waals surface area contributed by atoms with Gasteiger partial charge in [0.05, 0.1) is 10.9 Å². The number of nitrogens with one attached hydrogen (secondary N) is 1. The fourth-order valence-corrected chi connectivity index (χ4v) is 6.58. The lowest BCUT2D eigenvalue weighted by Crippen LogP contribution is -2.41. The van der Waals surface area contributed by atoms with E-state index in [1.807, 2.05) is 19.1 Å². The topological polar surface area (TPSA) is 88.2 Å². The van der Waals surface area contributed by atoms with Crippen molar-refractivity contribution in [1.82, 2.24) is 9.21 Å². The number of fused-ring (bicyclic) bond motifs is 1. The van der Waals surface area contributed by atoms with Crippen LogP contribution >= 0.6 is 0 Å². The van der Waals surface area contributed by atoms with Crippen LogP contribution in [0, 0.1) is 0 Å². The zero-order valence-electron chi connectivity index (χ0n) is 19.4. The Kier molecular flexibility index (Phi) is 6.50. The standard InChI is InChI=1S/C25H31N3O5S/c1-18(28-14-4-5-22(28)19-6-11-23-24(17-19)33-16-15-32-23)25(29)26-20-7-9-21(10-8-20)34(30,31)27-12-2-3-13-27/h6-11,17-18,22H,2-5,12-16H2,1H3,(H,26,29). The second-order valence-corrected chi connectivity index (χ2v) is 11.0. The molecule has 3 aliphatic heterocycles. The first kappa shape index (κ1) is 23.1. The maximum absolute atomic E-state index is 13.1. The molecule has 34 heavy (non-hydrogen) atoms. The summed E-state index contributed by atoms with van der Waals surface area (Å²) in [7, 11) is -3.46. The largest absolute Gasteiger partial charge is 0.486 e. The van der Waals surface area contributed by atoms with Gasteiger partial charge in [-0.1, -0.05) is 6.07 Å². The molecular formula is C25H31N3O5S. The quantitative estimate of drug-likeness (QED) is 0.675. The Bertz CT molecular complexity index is 1150. The Morgan fingerprint density at radius 1 is 0.971 bits per heavy atom. The fourth-order valence-electron chi connectivity index (χ4n) is 5.06. The average Bonchev–Trinajstić information content (AvgIpc) is 3.56. The number of rotatable bonds is 6. The molecule has 5 rings (SSSR count). The van der Waals surface area contributed by atoms with Gasteiger partial charge in [-0.25, -0.2) is 8.42 Å². The minimum absolute atomic E-state index is 0.111. The van der Waals surface area contributed by atoms with Crippen molar-refractivity contribution in [2.24, 2.45) is 0 Å². The van der Waals surface area contributed by atoms with Gasteiger partial charge >= 0.3 is 0 Å². The van der Waals surface area contributed by atoms with E-state index in [2.05, 4.69) is 16.3 Å². The molecule has 0 radical (unpaired) electrons. The fraction of sp³-hybridized carbons (Fsp3) is 0.480. The van der Waals surface area contributed by atoms with Crippen LogP contribution in [0.25, 0.3) is 0 Å². The molecule has 2 aromatic carbocycles. The van der Waals surface area contributed by atoms with Gasteiger partial charge in [-0.05, 0) is 81.1 Å². The Hall–Kier alpha value is -2.62. The number of hydrogen-bond donors (Lipinski definition) is 1. The second kappa shape index (κ2) is 9.56. The van der Waals surface area contributed by atoms with Gasteiger partial charge in [0.25, 0.3) is 0 Å². The summed E-state index contributed by atoms with van der Waals surface area (Å²) in [6.07, 6.45) is 3.78. The smallest absolute Gasteiger partial charge is 0.243 e. The van der Waals surface area contributed by atoms with E-state index in [0.717, 1.165) is 49.3 Å². The third kappa shape index (κ3) is 4.52. The van der Waals surface area contributed by atoms with Gasteiger partial charge in [-0.15, -0.1) is 0 Å². The Labute approximate surface area is 200 Å². The SMILES string of the molecule is CC(C(=O)Nc1ccc(S(=O)(=O)N2CCCC2)cc1)N1CCCC1c1ccc2c(c1)OCCO2. The lowest BCUT2D eigenvalue weighted by atomic mass is 10.0. The average molecular weight is 486 g/mol. The summed E-state index contributed by atoms with van der Waals surface area (Å²) in [5.41, 5.74) is 1.71. The Morgan fingerprint density at radius 3 is 2.41 bits per heavy atom. The molecule has 2 fully saturated rings. The van der Waals surface area contributed by atoms with Crippen LogP contribution in [0.15, 0.2) is 47.4 Å². The molecule has 1 N–H and O–H groups in total. The summed E-state index contributed by atoms with van der Waals surface area (Å²) >= 11 is 0. The van der Waals surface area contributed by atoms with Crippen LogP contribution in [0.3, 0.4) is 0 Å². The van der Waals surface area contributed by atoms with Crippen LogP contribution < -0.4 is 14.8 Å². The van der Waals surface area contributed by atoms with Gasteiger partial charge in [0, 0.05) is 24.8 Å². The Morgan fingerprint density at radius 2 is 1.68 bits per heavy atom. The molecule has 0 bridgehead atoms. The van der Waals surface area contributed by atoms with Crippen molar-refractivity contribution in [1.29, 1.82) is 0 Å². The molecule has 2 aromatic rings. The second-order valence-electron chi connectivity index (χ2n) is 9.10. The summed E-state index contributed by atoms with van der Waals surface area (Å²) in [4.78, 5) is 15.6. The van der Waals surface area contributed by atoms with Crippen LogP contribution in [-0.4, -0.2) is 62.4 Å². The number of likely N-dealkylation sites (tertiary alicyclic amines) is 1. The predicted octanol–water partition coefficient (Wildman–Crippen LogP) is 3.41. The van der Waals surface area contributed by atoms with Gasteiger partial charge < -0.3 is 14.8 Å². The molecule has 2 unspecified atom stereocenters. The zero-order chi connectivity index (χ0) is 23.7. The van der Waals surface area contributed by atoms with Gasteiger partial charge in [0.2, 0.25) is 15.9 Å². The molecule has 0 saturated carbocycles. The molecule has 2 saturated heterocycles. The number of ether oxygens (including phenoxy) is 2. The lowest BCUT2D eigenvalue weighted by Gasteiger charge is -2.31. The molecule has 9 heteroatoms. The summed E-state index contributed by atoms with van der Waals surface area (Å²) in [5.74, 6) is 1.41. The maximum Gasteiger partial charge on any atom is 0.243 e. The molecule has 0 aliphatic carbocycles. The van der Waals surface area contributed by atoms with Gasteiger partial charge in [0.15, 0.2) is 11.5 Å². The van der Waals surface area contributed by atoms with Gasteiger partial charge in [-0.3, -0.25) is 9.69 Å². The van der Waals surface area contributed by atoms with Gasteiger partial charge in [0.1, 0.15) is 13.2 Å². The van der Waals surface area contributed by atoms with E-state index in [1.54, 1.807) is 24.3 Å². The normalized spacial score (nSPS) is 22.0. The van der Waals surface area contributed by atoms with Crippen molar-refractivity contribution in [3.63, 3.8) is 0 Å². The molecular weight excluding hydrogens is 454 g/mol. The van der Waals surface area contributed by atoms with Crippen molar-refractivity contribution in [3.05, 3.63) is 48.0 Å². The molecule has 2 atom stereocenters. The number of nitrogens with zero attached hydrogens (tertiary/aromatic N) is 2. The molecule has 0 spiro atoms. The number of amides is 1. The highest BCUT2D eigenvalue weighted by molar-refractivity contribution is 7.89. The number of benzene rings is 2. The van der Waals surface area contributed by atoms with Crippen molar-refractivity contribution in [2.45, 2.75) is 49.6 Å². The number of hydrogen-bond acceptors (Lipinski definition) is 6. The van der Waals surface area contributed by atoms with Crippen molar-refractivity contribution in [2.75, 3.05) is 38.2 Å². The van der Waals surface area contributed by atoms with E-state index in [4.69, 9.17) is 9.47 Å². The highest BCUT2D eigenvalue weighted by Crippen LogP contribution is 2.39. The molecule has 3 heterocycles. The Balaban J connectivity index is 1.25. The zero-order valence-corrected chi connectivity index (χ0v) is 20.2. The van der Waals surface area contributed by atoms with E-state index in [9.17, 15) is 13.2 Å². The first-order chi connectivity index (χ1) is 16.4. The molecule has 182 valence electrons. The first-order valence-corrected chi connectivity index (χ1v) is 13.4.